The first-order chi connectivity index (χ1) is 7.90. The first-order valence-electron chi connectivity index (χ1n) is 5.67. The highest BCUT2D eigenvalue weighted by Gasteiger charge is 2.34. The fourth-order valence-corrected chi connectivity index (χ4v) is 3.69. The van der Waals surface area contributed by atoms with E-state index in [-0.39, 0.29) is 12.0 Å². The van der Waals surface area contributed by atoms with Gasteiger partial charge in [-0.1, -0.05) is 0 Å². The Morgan fingerprint density at radius 3 is 2.65 bits per heavy atom. The molecule has 7 heteroatoms. The largest absolute Gasteiger partial charge is 0.468 e. The van der Waals surface area contributed by atoms with Gasteiger partial charge in [-0.25, -0.2) is 8.42 Å². The molecule has 17 heavy (non-hydrogen) atoms. The van der Waals surface area contributed by atoms with Crippen LogP contribution < -0.4 is 5.73 Å². The Morgan fingerprint density at radius 2 is 2.12 bits per heavy atom. The van der Waals surface area contributed by atoms with Crippen molar-refractivity contribution in [3.8, 4) is 0 Å². The van der Waals surface area contributed by atoms with Crippen molar-refractivity contribution in [2.24, 2.45) is 11.7 Å². The summed E-state index contributed by atoms with van der Waals surface area (Å²) in [6, 6.07) is -0.0764. The summed E-state index contributed by atoms with van der Waals surface area (Å²) in [6.45, 7) is 2.72. The molecule has 0 saturated carbocycles. The summed E-state index contributed by atoms with van der Waals surface area (Å²) in [5.74, 6) is -1.14. The number of ether oxygens (including phenoxy) is 1. The Bertz CT molecular complexity index is 369. The van der Waals surface area contributed by atoms with E-state index in [1.54, 1.807) is 0 Å². The van der Waals surface area contributed by atoms with Crippen LogP contribution in [0.5, 0.6) is 0 Å². The molecule has 0 radical (unpaired) electrons. The normalized spacial score (nSPS) is 26.8. The highest BCUT2D eigenvalue weighted by molar-refractivity contribution is 7.89. The minimum absolute atomic E-state index is 0.0764. The number of rotatable bonds is 4. The van der Waals surface area contributed by atoms with E-state index < -0.39 is 21.7 Å². The minimum atomic E-state index is -3.58. The highest BCUT2D eigenvalue weighted by atomic mass is 32.2. The lowest BCUT2D eigenvalue weighted by atomic mass is 9.96. The second-order valence-electron chi connectivity index (χ2n) is 4.43. The van der Waals surface area contributed by atoms with Crippen molar-refractivity contribution in [3.63, 3.8) is 0 Å². The third kappa shape index (κ3) is 3.65. The highest BCUT2D eigenvalue weighted by Crippen LogP contribution is 2.24. The van der Waals surface area contributed by atoms with Crippen LogP contribution >= 0.6 is 0 Å². The first kappa shape index (κ1) is 14.4. The molecule has 1 aliphatic heterocycles. The van der Waals surface area contributed by atoms with E-state index in [0.717, 1.165) is 12.8 Å². The number of hydrogen-bond acceptors (Lipinski definition) is 5. The van der Waals surface area contributed by atoms with Gasteiger partial charge in [-0.2, -0.15) is 4.31 Å². The summed E-state index contributed by atoms with van der Waals surface area (Å²) in [5, 5.41) is 0. The second kappa shape index (κ2) is 5.79. The van der Waals surface area contributed by atoms with E-state index >= 15 is 0 Å². The molecule has 6 nitrogen and oxygen atoms in total. The van der Waals surface area contributed by atoms with Gasteiger partial charge in [0.05, 0.1) is 7.11 Å². The van der Waals surface area contributed by atoms with Gasteiger partial charge in [0, 0.05) is 12.6 Å². The maximum absolute atomic E-state index is 12.0. The van der Waals surface area contributed by atoms with Crippen molar-refractivity contribution in [2.75, 3.05) is 26.0 Å². The summed E-state index contributed by atoms with van der Waals surface area (Å²) >= 11 is 0. The summed E-state index contributed by atoms with van der Waals surface area (Å²) in [7, 11) is -2.40. The Labute approximate surface area is 102 Å². The third-order valence-electron chi connectivity index (χ3n) is 3.14. The van der Waals surface area contributed by atoms with Crippen LogP contribution in [0.2, 0.25) is 0 Å². The van der Waals surface area contributed by atoms with Crippen molar-refractivity contribution in [3.05, 3.63) is 0 Å². The lowest BCUT2D eigenvalue weighted by Gasteiger charge is -2.36. The molecule has 2 unspecified atom stereocenters. The van der Waals surface area contributed by atoms with Gasteiger partial charge in [0.25, 0.3) is 0 Å². The Balaban J connectivity index is 2.77. The van der Waals surface area contributed by atoms with Gasteiger partial charge < -0.3 is 10.5 Å². The molecule has 1 aliphatic rings. The third-order valence-corrected chi connectivity index (χ3v) is 4.97. The zero-order valence-electron chi connectivity index (χ0n) is 10.3. The van der Waals surface area contributed by atoms with Gasteiger partial charge in [-0.15, -0.1) is 0 Å². The molecule has 0 amide bonds. The van der Waals surface area contributed by atoms with Gasteiger partial charge in [-0.05, 0) is 32.2 Å². The molecule has 0 aromatic carbocycles. The minimum Gasteiger partial charge on any atom is -0.468 e. The number of methoxy groups -OCH3 is 1. The SMILES string of the molecule is COC(=O)CS(=O)(=O)N1CC(CN)CCC1C. The van der Waals surface area contributed by atoms with Crippen molar-refractivity contribution in [1.82, 2.24) is 4.31 Å². The fourth-order valence-electron chi connectivity index (χ4n) is 2.02. The molecule has 0 spiro atoms. The summed E-state index contributed by atoms with van der Waals surface area (Å²) in [5.41, 5.74) is 5.57. The molecule has 2 atom stereocenters. The van der Waals surface area contributed by atoms with Gasteiger partial charge in [0.15, 0.2) is 5.75 Å². The Morgan fingerprint density at radius 1 is 1.47 bits per heavy atom. The quantitative estimate of drug-likeness (QED) is 0.694. The first-order valence-corrected chi connectivity index (χ1v) is 7.28. The summed E-state index contributed by atoms with van der Waals surface area (Å²) in [6.07, 6.45) is 1.71. The van der Waals surface area contributed by atoms with Crippen LogP contribution in [0.1, 0.15) is 19.8 Å². The number of hydrogen-bond donors (Lipinski definition) is 1. The standard InChI is InChI=1S/C10H20N2O4S/c1-8-3-4-9(5-11)6-12(8)17(14,15)7-10(13)16-2/h8-9H,3-7,11H2,1-2H3. The Kier molecular flexibility index (Phi) is 4.91. The summed E-state index contributed by atoms with van der Waals surface area (Å²) < 4.78 is 29.8. The van der Waals surface area contributed by atoms with Crippen molar-refractivity contribution in [2.45, 2.75) is 25.8 Å². The summed E-state index contributed by atoms with van der Waals surface area (Å²) in [4.78, 5) is 11.1. The van der Waals surface area contributed by atoms with Crippen LogP contribution in [0.3, 0.4) is 0 Å². The monoisotopic (exact) mass is 264 g/mol. The van der Waals surface area contributed by atoms with Gasteiger partial charge in [-0.3, -0.25) is 4.79 Å². The topological polar surface area (TPSA) is 89.7 Å². The van der Waals surface area contributed by atoms with E-state index in [1.165, 1.54) is 11.4 Å². The van der Waals surface area contributed by atoms with E-state index in [4.69, 9.17) is 5.73 Å². The molecular formula is C10H20N2O4S. The fraction of sp³-hybridized carbons (Fsp3) is 0.900. The smallest absolute Gasteiger partial charge is 0.322 e. The zero-order chi connectivity index (χ0) is 13.1. The maximum Gasteiger partial charge on any atom is 0.322 e. The van der Waals surface area contributed by atoms with Gasteiger partial charge in [0.2, 0.25) is 10.0 Å². The number of esters is 1. The molecule has 0 aromatic heterocycles. The van der Waals surface area contributed by atoms with Gasteiger partial charge in [0.1, 0.15) is 0 Å². The van der Waals surface area contributed by atoms with Crippen LogP contribution in [0.4, 0.5) is 0 Å². The average molecular weight is 264 g/mol. The Hall–Kier alpha value is -0.660. The van der Waals surface area contributed by atoms with Crippen LogP contribution in [0.15, 0.2) is 0 Å². The lowest BCUT2D eigenvalue weighted by molar-refractivity contribution is -0.137. The molecule has 1 fully saturated rings. The van der Waals surface area contributed by atoms with Crippen LogP contribution in [-0.4, -0.2) is 50.7 Å². The lowest BCUT2D eigenvalue weighted by Crippen LogP contribution is -2.48. The number of nitrogens with zero attached hydrogens (tertiary/aromatic N) is 1. The van der Waals surface area contributed by atoms with Crippen LogP contribution in [0.25, 0.3) is 0 Å². The van der Waals surface area contributed by atoms with Gasteiger partial charge >= 0.3 is 5.97 Å². The van der Waals surface area contributed by atoms with Crippen molar-refractivity contribution < 1.29 is 17.9 Å². The maximum atomic E-state index is 12.0. The molecule has 0 aliphatic carbocycles. The van der Waals surface area contributed by atoms with Crippen LogP contribution in [0, 0.1) is 5.92 Å². The molecular weight excluding hydrogens is 244 g/mol. The number of carbonyl (C=O) groups excluding carboxylic acids is 1. The molecule has 1 saturated heterocycles. The van der Waals surface area contributed by atoms with Crippen molar-refractivity contribution >= 4 is 16.0 Å². The number of carbonyl (C=O) groups is 1. The van der Waals surface area contributed by atoms with E-state index in [9.17, 15) is 13.2 Å². The molecule has 1 rings (SSSR count). The molecule has 0 aromatic rings. The molecule has 2 N–H and O–H groups in total. The average Bonchev–Trinajstić information content (AvgIpc) is 2.28. The number of piperidine rings is 1. The number of nitrogens with two attached hydrogens (primary N) is 1. The predicted octanol–water partition coefficient (Wildman–Crippen LogP) is -0.452. The molecule has 100 valence electrons. The zero-order valence-corrected chi connectivity index (χ0v) is 11.1. The van der Waals surface area contributed by atoms with E-state index in [0.29, 0.717) is 13.1 Å². The van der Waals surface area contributed by atoms with Crippen molar-refractivity contribution in [1.29, 1.82) is 0 Å². The number of sulfonamides is 1. The van der Waals surface area contributed by atoms with E-state index in [2.05, 4.69) is 4.74 Å². The predicted molar refractivity (Wildman–Crippen MR) is 63.7 cm³/mol. The molecule has 1 heterocycles. The molecule has 0 bridgehead atoms. The van der Waals surface area contributed by atoms with E-state index in [1.807, 2.05) is 6.92 Å². The second-order valence-corrected chi connectivity index (χ2v) is 6.35. The van der Waals surface area contributed by atoms with Crippen LogP contribution in [-0.2, 0) is 19.6 Å².